The lowest BCUT2D eigenvalue weighted by molar-refractivity contribution is -0.121. The third-order valence-corrected chi connectivity index (χ3v) is 4.45. The van der Waals surface area contributed by atoms with Gasteiger partial charge in [-0.2, -0.15) is 0 Å². The standard InChI is InChI=1S/C21H21ClN2O/c1-16-5-4-6-18(13-16)20(24-11-2-3-12-24)14-21(25)23-15-17-7-9-19(22)10-8-17/h2-13,20H,14-15H2,1H3,(H,23,25). The van der Waals surface area contributed by atoms with E-state index in [4.69, 9.17) is 11.6 Å². The third kappa shape index (κ3) is 4.74. The Morgan fingerprint density at radius 2 is 1.80 bits per heavy atom. The largest absolute Gasteiger partial charge is 0.352 e. The lowest BCUT2D eigenvalue weighted by Crippen LogP contribution is -2.26. The van der Waals surface area contributed by atoms with Gasteiger partial charge >= 0.3 is 0 Å². The SMILES string of the molecule is Cc1cccc(C(CC(=O)NCc2ccc(Cl)cc2)n2cccc2)c1. The Labute approximate surface area is 153 Å². The summed E-state index contributed by atoms with van der Waals surface area (Å²) in [6, 6.07) is 19.8. The number of nitrogens with zero attached hydrogens (tertiary/aromatic N) is 1. The topological polar surface area (TPSA) is 34.0 Å². The van der Waals surface area contributed by atoms with Gasteiger partial charge in [0.15, 0.2) is 0 Å². The van der Waals surface area contributed by atoms with E-state index in [1.807, 2.05) is 54.9 Å². The van der Waals surface area contributed by atoms with Gasteiger partial charge in [0.25, 0.3) is 0 Å². The predicted molar refractivity (Wildman–Crippen MR) is 102 cm³/mol. The van der Waals surface area contributed by atoms with Crippen LogP contribution in [-0.4, -0.2) is 10.5 Å². The van der Waals surface area contributed by atoms with E-state index in [0.29, 0.717) is 18.0 Å². The molecule has 0 aliphatic rings. The number of carbonyl (C=O) groups excluding carboxylic acids is 1. The van der Waals surface area contributed by atoms with E-state index in [0.717, 1.165) is 11.1 Å². The summed E-state index contributed by atoms with van der Waals surface area (Å²) in [6.45, 7) is 2.57. The molecule has 3 rings (SSSR count). The van der Waals surface area contributed by atoms with Gasteiger partial charge in [-0.05, 0) is 42.3 Å². The molecule has 0 saturated carbocycles. The number of hydrogen-bond donors (Lipinski definition) is 1. The number of amides is 1. The summed E-state index contributed by atoms with van der Waals surface area (Å²) in [6.07, 6.45) is 4.39. The van der Waals surface area contributed by atoms with E-state index in [1.165, 1.54) is 5.56 Å². The molecule has 1 N–H and O–H groups in total. The minimum Gasteiger partial charge on any atom is -0.352 e. The summed E-state index contributed by atoms with van der Waals surface area (Å²) in [7, 11) is 0. The summed E-state index contributed by atoms with van der Waals surface area (Å²) >= 11 is 5.89. The fourth-order valence-corrected chi connectivity index (χ4v) is 3.01. The molecule has 0 saturated heterocycles. The number of nitrogens with one attached hydrogen (secondary N) is 1. The van der Waals surface area contributed by atoms with Crippen LogP contribution in [0.25, 0.3) is 0 Å². The number of rotatable bonds is 6. The minimum absolute atomic E-state index is 0.0138. The molecule has 4 heteroatoms. The number of hydrogen-bond acceptors (Lipinski definition) is 1. The van der Waals surface area contributed by atoms with Crippen LogP contribution in [0.1, 0.15) is 29.2 Å². The van der Waals surface area contributed by atoms with Gasteiger partial charge in [-0.3, -0.25) is 4.79 Å². The van der Waals surface area contributed by atoms with Crippen molar-refractivity contribution in [2.24, 2.45) is 0 Å². The molecule has 0 aliphatic carbocycles. The van der Waals surface area contributed by atoms with Crippen molar-refractivity contribution in [2.45, 2.75) is 25.9 Å². The second kappa shape index (κ2) is 8.04. The van der Waals surface area contributed by atoms with Crippen molar-refractivity contribution in [3.8, 4) is 0 Å². The molecule has 128 valence electrons. The first-order chi connectivity index (χ1) is 12.1. The molecule has 0 aliphatic heterocycles. The van der Waals surface area contributed by atoms with E-state index in [9.17, 15) is 4.79 Å². The van der Waals surface area contributed by atoms with Gasteiger partial charge in [0.2, 0.25) is 5.91 Å². The fraction of sp³-hybridized carbons (Fsp3) is 0.190. The molecular formula is C21H21ClN2O. The van der Waals surface area contributed by atoms with Crippen molar-refractivity contribution in [3.05, 3.63) is 94.8 Å². The van der Waals surface area contributed by atoms with Gasteiger partial charge in [0.05, 0.1) is 12.5 Å². The molecule has 25 heavy (non-hydrogen) atoms. The van der Waals surface area contributed by atoms with E-state index >= 15 is 0 Å². The Bertz CT molecular complexity index is 825. The second-order valence-electron chi connectivity index (χ2n) is 6.17. The highest BCUT2D eigenvalue weighted by Gasteiger charge is 2.17. The van der Waals surface area contributed by atoms with Gasteiger partial charge < -0.3 is 9.88 Å². The third-order valence-electron chi connectivity index (χ3n) is 4.20. The Balaban J connectivity index is 1.69. The zero-order chi connectivity index (χ0) is 17.6. The molecule has 0 spiro atoms. The van der Waals surface area contributed by atoms with Crippen LogP contribution in [0.3, 0.4) is 0 Å². The first-order valence-electron chi connectivity index (χ1n) is 8.32. The van der Waals surface area contributed by atoms with Crippen LogP contribution in [-0.2, 0) is 11.3 Å². The van der Waals surface area contributed by atoms with Crippen LogP contribution in [0.5, 0.6) is 0 Å². The normalized spacial score (nSPS) is 11.9. The van der Waals surface area contributed by atoms with Crippen molar-refractivity contribution in [3.63, 3.8) is 0 Å². The second-order valence-corrected chi connectivity index (χ2v) is 6.60. The smallest absolute Gasteiger partial charge is 0.222 e. The molecule has 0 bridgehead atoms. The van der Waals surface area contributed by atoms with Crippen LogP contribution in [0.15, 0.2) is 73.1 Å². The van der Waals surface area contributed by atoms with Crippen molar-refractivity contribution >= 4 is 17.5 Å². The molecule has 1 aromatic heterocycles. The summed E-state index contributed by atoms with van der Waals surface area (Å²) in [5.74, 6) is 0.0233. The zero-order valence-corrected chi connectivity index (χ0v) is 14.9. The minimum atomic E-state index is -0.0138. The summed E-state index contributed by atoms with van der Waals surface area (Å²) in [5, 5.41) is 3.70. The van der Waals surface area contributed by atoms with Gasteiger partial charge in [0, 0.05) is 24.0 Å². The van der Waals surface area contributed by atoms with Crippen LogP contribution in [0.4, 0.5) is 0 Å². The average molecular weight is 353 g/mol. The van der Waals surface area contributed by atoms with E-state index in [1.54, 1.807) is 0 Å². The molecule has 1 atom stereocenters. The number of halogens is 1. The Morgan fingerprint density at radius 1 is 1.08 bits per heavy atom. The summed E-state index contributed by atoms with van der Waals surface area (Å²) < 4.78 is 2.08. The molecule has 0 radical (unpaired) electrons. The highest BCUT2D eigenvalue weighted by molar-refractivity contribution is 6.30. The highest BCUT2D eigenvalue weighted by atomic mass is 35.5. The van der Waals surface area contributed by atoms with Crippen LogP contribution >= 0.6 is 11.6 Å². The molecule has 3 nitrogen and oxygen atoms in total. The molecule has 1 amide bonds. The summed E-state index contributed by atoms with van der Waals surface area (Å²) in [4.78, 5) is 12.5. The fourth-order valence-electron chi connectivity index (χ4n) is 2.88. The maximum Gasteiger partial charge on any atom is 0.222 e. The van der Waals surface area contributed by atoms with Crippen molar-refractivity contribution in [1.29, 1.82) is 0 Å². The van der Waals surface area contributed by atoms with Gasteiger partial charge in [-0.15, -0.1) is 0 Å². The van der Waals surface area contributed by atoms with Crippen molar-refractivity contribution in [2.75, 3.05) is 0 Å². The number of carbonyl (C=O) groups is 1. The molecule has 3 aromatic rings. The lowest BCUT2D eigenvalue weighted by atomic mass is 10.0. The Kier molecular flexibility index (Phi) is 5.56. The van der Waals surface area contributed by atoms with Crippen LogP contribution < -0.4 is 5.32 Å². The molecule has 0 fully saturated rings. The molecule has 1 heterocycles. The Hall–Kier alpha value is -2.52. The van der Waals surface area contributed by atoms with Crippen LogP contribution in [0.2, 0.25) is 5.02 Å². The average Bonchev–Trinajstić information content (AvgIpc) is 3.13. The van der Waals surface area contributed by atoms with E-state index in [2.05, 4.69) is 35.0 Å². The van der Waals surface area contributed by atoms with Crippen molar-refractivity contribution in [1.82, 2.24) is 9.88 Å². The first-order valence-corrected chi connectivity index (χ1v) is 8.70. The van der Waals surface area contributed by atoms with Gasteiger partial charge in [-0.1, -0.05) is 53.6 Å². The summed E-state index contributed by atoms with van der Waals surface area (Å²) in [5.41, 5.74) is 3.36. The molecular weight excluding hydrogens is 332 g/mol. The maximum atomic E-state index is 12.5. The predicted octanol–water partition coefficient (Wildman–Crippen LogP) is 4.75. The van der Waals surface area contributed by atoms with E-state index < -0.39 is 0 Å². The number of aryl methyl sites for hydroxylation is 1. The van der Waals surface area contributed by atoms with Crippen molar-refractivity contribution < 1.29 is 4.79 Å². The van der Waals surface area contributed by atoms with Gasteiger partial charge in [0.1, 0.15) is 0 Å². The Morgan fingerprint density at radius 3 is 2.48 bits per heavy atom. The highest BCUT2D eigenvalue weighted by Crippen LogP contribution is 2.23. The van der Waals surface area contributed by atoms with Gasteiger partial charge in [-0.25, -0.2) is 0 Å². The monoisotopic (exact) mass is 352 g/mol. The maximum absolute atomic E-state index is 12.5. The van der Waals surface area contributed by atoms with Crippen LogP contribution in [0, 0.1) is 6.92 Å². The quantitative estimate of drug-likeness (QED) is 0.682. The zero-order valence-electron chi connectivity index (χ0n) is 14.2. The molecule has 2 aromatic carbocycles. The first kappa shape index (κ1) is 17.3. The number of benzene rings is 2. The van der Waals surface area contributed by atoms with E-state index in [-0.39, 0.29) is 11.9 Å². The molecule has 1 unspecified atom stereocenters. The number of aromatic nitrogens is 1. The lowest BCUT2D eigenvalue weighted by Gasteiger charge is -2.20.